The van der Waals surface area contributed by atoms with Crippen molar-refractivity contribution in [1.29, 1.82) is 0 Å². The number of aromatic nitrogens is 1. The lowest BCUT2D eigenvalue weighted by Gasteiger charge is -2.13. The number of nitrogens with one attached hydrogen (secondary N) is 1. The summed E-state index contributed by atoms with van der Waals surface area (Å²) in [5.41, 5.74) is 2.46. The Balaban J connectivity index is 2.21. The van der Waals surface area contributed by atoms with E-state index in [4.69, 9.17) is 0 Å². The van der Waals surface area contributed by atoms with Crippen LogP contribution in [0.15, 0.2) is 5.51 Å². The van der Waals surface area contributed by atoms with E-state index in [1.54, 1.807) is 5.51 Å². The summed E-state index contributed by atoms with van der Waals surface area (Å²) in [6.45, 7) is 3.96. The van der Waals surface area contributed by atoms with Crippen LogP contribution in [0.25, 0.3) is 0 Å². The molecule has 1 aromatic heterocycles. The highest BCUT2D eigenvalue weighted by molar-refractivity contribution is 7.93. The predicted octanol–water partition coefficient (Wildman–Crippen LogP) is 1.78. The molecule has 0 aromatic carbocycles. The topological polar surface area (TPSA) is 76.1 Å². The SMILES string of the molecule is CC(C)c1ncsc1NC(=O)C1(S(C)(=O)=O)CC1. The molecular weight excluding hydrogens is 272 g/mol. The molecule has 1 aromatic rings. The number of carbonyl (C=O) groups is 1. The molecule has 0 unspecified atom stereocenters. The van der Waals surface area contributed by atoms with Crippen LogP contribution in [0.3, 0.4) is 0 Å². The fraction of sp³-hybridized carbons (Fsp3) is 0.636. The van der Waals surface area contributed by atoms with Gasteiger partial charge in [0.15, 0.2) is 14.6 Å². The van der Waals surface area contributed by atoms with Crippen molar-refractivity contribution >= 4 is 32.1 Å². The van der Waals surface area contributed by atoms with Gasteiger partial charge in [0.05, 0.1) is 11.2 Å². The number of thiazole rings is 1. The molecule has 0 bridgehead atoms. The first-order valence-corrected chi connectivity index (χ1v) is 8.49. The van der Waals surface area contributed by atoms with Gasteiger partial charge in [0.25, 0.3) is 0 Å². The van der Waals surface area contributed by atoms with Gasteiger partial charge < -0.3 is 5.32 Å². The van der Waals surface area contributed by atoms with Gasteiger partial charge in [0.2, 0.25) is 5.91 Å². The first kappa shape index (κ1) is 13.5. The largest absolute Gasteiger partial charge is 0.315 e. The Morgan fingerprint density at radius 2 is 2.11 bits per heavy atom. The van der Waals surface area contributed by atoms with Gasteiger partial charge >= 0.3 is 0 Å². The van der Waals surface area contributed by atoms with Gasteiger partial charge in [-0.1, -0.05) is 13.8 Å². The van der Waals surface area contributed by atoms with Crippen LogP contribution in [0, 0.1) is 0 Å². The van der Waals surface area contributed by atoms with Crippen LogP contribution in [0.2, 0.25) is 0 Å². The summed E-state index contributed by atoms with van der Waals surface area (Å²) >= 11 is 1.32. The van der Waals surface area contributed by atoms with Crippen LogP contribution in [-0.2, 0) is 14.6 Å². The first-order chi connectivity index (χ1) is 8.28. The lowest BCUT2D eigenvalue weighted by molar-refractivity contribution is -0.116. The number of hydrogen-bond acceptors (Lipinski definition) is 5. The molecule has 0 aliphatic heterocycles. The van der Waals surface area contributed by atoms with Crippen molar-refractivity contribution in [3.63, 3.8) is 0 Å². The average molecular weight is 288 g/mol. The Morgan fingerprint density at radius 3 is 2.56 bits per heavy atom. The molecule has 5 nitrogen and oxygen atoms in total. The van der Waals surface area contributed by atoms with Crippen LogP contribution in [0.5, 0.6) is 0 Å². The van der Waals surface area contributed by atoms with E-state index in [1.165, 1.54) is 11.3 Å². The Kier molecular flexibility index (Phi) is 3.23. The third-order valence-electron chi connectivity index (χ3n) is 3.20. The molecule has 100 valence electrons. The molecule has 0 atom stereocenters. The second-order valence-corrected chi connectivity index (χ2v) is 8.12. The number of carbonyl (C=O) groups excluding carboxylic acids is 1. The summed E-state index contributed by atoms with van der Waals surface area (Å²) in [5.74, 6) is -0.226. The van der Waals surface area contributed by atoms with Crippen LogP contribution in [-0.4, -0.2) is 30.3 Å². The molecule has 1 heterocycles. The van der Waals surface area contributed by atoms with Gasteiger partial charge in [-0.25, -0.2) is 13.4 Å². The summed E-state index contributed by atoms with van der Waals surface area (Å²) in [7, 11) is -3.35. The van der Waals surface area contributed by atoms with Gasteiger partial charge in [-0.2, -0.15) is 0 Å². The normalized spacial score (nSPS) is 17.8. The average Bonchev–Trinajstić information content (AvgIpc) is 2.94. The molecule has 0 radical (unpaired) electrons. The molecule has 0 spiro atoms. The zero-order valence-corrected chi connectivity index (χ0v) is 12.2. The zero-order chi connectivity index (χ0) is 13.6. The number of rotatable bonds is 4. The van der Waals surface area contributed by atoms with Crippen LogP contribution in [0.4, 0.5) is 5.00 Å². The van der Waals surface area contributed by atoms with E-state index in [-0.39, 0.29) is 5.92 Å². The van der Waals surface area contributed by atoms with Crippen molar-refractivity contribution in [1.82, 2.24) is 4.98 Å². The summed E-state index contributed by atoms with van der Waals surface area (Å²) in [4.78, 5) is 16.3. The molecule has 0 saturated heterocycles. The first-order valence-electron chi connectivity index (χ1n) is 5.72. The molecule has 1 saturated carbocycles. The number of anilines is 1. The lowest BCUT2D eigenvalue weighted by Crippen LogP contribution is -2.36. The van der Waals surface area contributed by atoms with Gasteiger partial charge in [-0.05, 0) is 18.8 Å². The van der Waals surface area contributed by atoms with Gasteiger partial charge in [-0.15, -0.1) is 11.3 Å². The molecule has 1 fully saturated rings. The lowest BCUT2D eigenvalue weighted by atomic mass is 10.1. The maximum Gasteiger partial charge on any atom is 0.246 e. The molecular formula is C11H16N2O3S2. The quantitative estimate of drug-likeness (QED) is 0.916. The molecule has 1 N–H and O–H groups in total. The zero-order valence-electron chi connectivity index (χ0n) is 10.6. The van der Waals surface area contributed by atoms with E-state index in [2.05, 4.69) is 10.3 Å². The number of nitrogens with zero attached hydrogens (tertiary/aromatic N) is 1. The highest BCUT2D eigenvalue weighted by atomic mass is 32.2. The van der Waals surface area contributed by atoms with E-state index < -0.39 is 20.5 Å². The predicted molar refractivity (Wildman–Crippen MR) is 71.6 cm³/mol. The fourth-order valence-corrected chi connectivity index (χ4v) is 3.92. The molecule has 1 amide bonds. The molecule has 7 heteroatoms. The van der Waals surface area contributed by atoms with Crippen LogP contribution >= 0.6 is 11.3 Å². The Morgan fingerprint density at radius 1 is 1.50 bits per heavy atom. The number of sulfone groups is 1. The van der Waals surface area contributed by atoms with E-state index >= 15 is 0 Å². The summed E-state index contributed by atoms with van der Waals surface area (Å²) in [6, 6.07) is 0. The standard InChI is InChI=1S/C11H16N2O3S2/c1-7(2)8-9(17-6-12-8)13-10(14)11(4-5-11)18(3,15)16/h6-7H,4-5H2,1-3H3,(H,13,14). The van der Waals surface area contributed by atoms with E-state index in [9.17, 15) is 13.2 Å². The van der Waals surface area contributed by atoms with Crippen molar-refractivity contribution in [3.8, 4) is 0 Å². The summed E-state index contributed by atoms with van der Waals surface area (Å²) in [6.07, 6.45) is 1.94. The van der Waals surface area contributed by atoms with E-state index in [0.717, 1.165) is 11.9 Å². The smallest absolute Gasteiger partial charge is 0.246 e. The van der Waals surface area contributed by atoms with Crippen molar-refractivity contribution < 1.29 is 13.2 Å². The van der Waals surface area contributed by atoms with Gasteiger partial charge in [0, 0.05) is 6.26 Å². The van der Waals surface area contributed by atoms with E-state index in [0.29, 0.717) is 17.8 Å². The monoisotopic (exact) mass is 288 g/mol. The fourth-order valence-electron chi connectivity index (χ4n) is 1.86. The molecule has 18 heavy (non-hydrogen) atoms. The number of amides is 1. The van der Waals surface area contributed by atoms with Crippen molar-refractivity contribution in [2.24, 2.45) is 0 Å². The molecule has 2 rings (SSSR count). The second kappa shape index (κ2) is 4.31. The third-order valence-corrected chi connectivity index (χ3v) is 5.97. The minimum Gasteiger partial charge on any atom is -0.315 e. The van der Waals surface area contributed by atoms with Crippen molar-refractivity contribution in [3.05, 3.63) is 11.2 Å². The van der Waals surface area contributed by atoms with Crippen molar-refractivity contribution in [2.45, 2.75) is 37.4 Å². The van der Waals surface area contributed by atoms with Gasteiger partial charge in [0.1, 0.15) is 5.00 Å². The molecule has 1 aliphatic rings. The van der Waals surface area contributed by atoms with Crippen LogP contribution in [0.1, 0.15) is 38.3 Å². The van der Waals surface area contributed by atoms with E-state index in [1.807, 2.05) is 13.8 Å². The minimum absolute atomic E-state index is 0.194. The summed E-state index contributed by atoms with van der Waals surface area (Å²) in [5, 5.41) is 3.38. The number of hydrogen-bond donors (Lipinski definition) is 1. The van der Waals surface area contributed by atoms with Crippen molar-refractivity contribution in [2.75, 3.05) is 11.6 Å². The Bertz CT molecular complexity index is 571. The van der Waals surface area contributed by atoms with Crippen LogP contribution < -0.4 is 5.32 Å². The minimum atomic E-state index is -3.35. The maximum absolute atomic E-state index is 12.1. The van der Waals surface area contributed by atoms with Gasteiger partial charge in [-0.3, -0.25) is 4.79 Å². The summed E-state index contributed by atoms with van der Waals surface area (Å²) < 4.78 is 22.1. The Hall–Kier alpha value is -0.950. The molecule has 1 aliphatic carbocycles. The third kappa shape index (κ3) is 2.16. The maximum atomic E-state index is 12.1. The second-order valence-electron chi connectivity index (χ2n) is 4.94. The Labute approximate surface area is 111 Å². The highest BCUT2D eigenvalue weighted by Crippen LogP contribution is 2.44. The highest BCUT2D eigenvalue weighted by Gasteiger charge is 2.58.